The zero-order valence-corrected chi connectivity index (χ0v) is 18.1. The molecule has 5 heteroatoms. The number of hydrogen-bond donors (Lipinski definition) is 2. The average Bonchev–Trinajstić information content (AvgIpc) is 3.02. The van der Waals surface area contributed by atoms with E-state index in [0.717, 1.165) is 33.4 Å². The molecule has 0 atom stereocenters. The van der Waals surface area contributed by atoms with Crippen LogP contribution in [0.4, 0.5) is 0 Å². The van der Waals surface area contributed by atoms with Crippen molar-refractivity contribution in [3.05, 3.63) is 94.3 Å². The zero-order valence-electron chi connectivity index (χ0n) is 18.1. The van der Waals surface area contributed by atoms with Crippen molar-refractivity contribution in [2.24, 2.45) is 5.10 Å². The largest absolute Gasteiger partial charge is 0.507 e. The summed E-state index contributed by atoms with van der Waals surface area (Å²) in [5.41, 5.74) is 9.35. The molecular weight excluding hydrogens is 386 g/mol. The summed E-state index contributed by atoms with van der Waals surface area (Å²) in [6.07, 6.45) is 1.63. The van der Waals surface area contributed by atoms with Gasteiger partial charge >= 0.3 is 0 Å². The first-order valence-corrected chi connectivity index (χ1v) is 10.2. The number of phenolic OH excluding ortho intramolecular Hbond substituents is 1. The van der Waals surface area contributed by atoms with Gasteiger partial charge in [0.25, 0.3) is 5.91 Å². The van der Waals surface area contributed by atoms with Crippen LogP contribution < -0.4 is 5.43 Å². The van der Waals surface area contributed by atoms with Crippen LogP contribution in [0.1, 0.15) is 38.4 Å². The lowest BCUT2D eigenvalue weighted by Gasteiger charge is -2.11. The molecule has 0 radical (unpaired) electrons. The Morgan fingerprint density at radius 3 is 2.35 bits per heavy atom. The van der Waals surface area contributed by atoms with Crippen LogP contribution in [-0.4, -0.2) is 21.8 Å². The van der Waals surface area contributed by atoms with E-state index in [-0.39, 0.29) is 11.3 Å². The van der Waals surface area contributed by atoms with Gasteiger partial charge in [-0.2, -0.15) is 5.10 Å². The molecule has 5 nitrogen and oxygen atoms in total. The number of rotatable bonds is 4. The van der Waals surface area contributed by atoms with Crippen molar-refractivity contribution in [1.82, 2.24) is 9.99 Å². The Morgan fingerprint density at radius 1 is 0.935 bits per heavy atom. The number of aromatic hydroxyl groups is 1. The molecule has 4 rings (SSSR count). The second-order valence-electron chi connectivity index (χ2n) is 7.85. The van der Waals surface area contributed by atoms with Gasteiger partial charge in [-0.3, -0.25) is 4.79 Å². The molecule has 0 saturated carbocycles. The summed E-state index contributed by atoms with van der Waals surface area (Å²) in [7, 11) is 0. The molecule has 1 amide bonds. The maximum Gasteiger partial charge on any atom is 0.275 e. The highest BCUT2D eigenvalue weighted by Gasteiger charge is 2.13. The van der Waals surface area contributed by atoms with E-state index in [1.807, 2.05) is 44.2 Å². The number of nitrogens with zero attached hydrogens (tertiary/aromatic N) is 2. The van der Waals surface area contributed by atoms with Crippen LogP contribution in [0.3, 0.4) is 0 Å². The van der Waals surface area contributed by atoms with Gasteiger partial charge in [0.15, 0.2) is 0 Å². The molecule has 0 unspecified atom stereocenters. The average molecular weight is 412 g/mol. The van der Waals surface area contributed by atoms with E-state index in [2.05, 4.69) is 47.1 Å². The van der Waals surface area contributed by atoms with Gasteiger partial charge in [0.1, 0.15) is 5.75 Å². The minimum atomic E-state index is -0.456. The van der Waals surface area contributed by atoms with E-state index in [1.165, 1.54) is 11.1 Å². The van der Waals surface area contributed by atoms with Crippen molar-refractivity contribution in [1.29, 1.82) is 0 Å². The summed E-state index contributed by atoms with van der Waals surface area (Å²) in [6.45, 7) is 8.28. The second-order valence-corrected chi connectivity index (χ2v) is 7.85. The lowest BCUT2D eigenvalue weighted by atomic mass is 10.1. The van der Waals surface area contributed by atoms with E-state index in [0.29, 0.717) is 0 Å². The number of aryl methyl sites for hydroxylation is 3. The zero-order chi connectivity index (χ0) is 22.1. The number of carbonyl (C=O) groups is 1. The number of fused-ring (bicyclic) bond motifs is 1. The van der Waals surface area contributed by atoms with Crippen molar-refractivity contribution in [2.75, 3.05) is 0 Å². The SMILES string of the molecule is Cc1ccc(-n2c(C)cc(/C=N/NC(=O)c3cc4ccccc4cc3O)c2C)cc1C. The van der Waals surface area contributed by atoms with Crippen LogP contribution in [0.2, 0.25) is 0 Å². The molecule has 0 aliphatic heterocycles. The second kappa shape index (κ2) is 8.11. The number of benzene rings is 3. The number of carbonyl (C=O) groups excluding carboxylic acids is 1. The van der Waals surface area contributed by atoms with E-state index < -0.39 is 5.91 Å². The molecule has 1 aromatic heterocycles. The fourth-order valence-corrected chi connectivity index (χ4v) is 3.81. The molecule has 0 spiro atoms. The number of amides is 1. The molecule has 0 aliphatic carbocycles. The molecule has 31 heavy (non-hydrogen) atoms. The summed E-state index contributed by atoms with van der Waals surface area (Å²) in [5, 5.41) is 16.1. The number of nitrogens with one attached hydrogen (secondary N) is 1. The Balaban J connectivity index is 1.56. The number of aromatic nitrogens is 1. The van der Waals surface area contributed by atoms with Gasteiger partial charge in [-0.05, 0) is 79.9 Å². The van der Waals surface area contributed by atoms with E-state index in [9.17, 15) is 9.90 Å². The summed E-state index contributed by atoms with van der Waals surface area (Å²) < 4.78 is 2.17. The van der Waals surface area contributed by atoms with Crippen LogP contribution >= 0.6 is 0 Å². The van der Waals surface area contributed by atoms with Crippen molar-refractivity contribution >= 4 is 22.9 Å². The molecule has 156 valence electrons. The van der Waals surface area contributed by atoms with Crippen molar-refractivity contribution in [3.8, 4) is 11.4 Å². The monoisotopic (exact) mass is 411 g/mol. The van der Waals surface area contributed by atoms with Crippen molar-refractivity contribution in [3.63, 3.8) is 0 Å². The predicted octanol–water partition coefficient (Wildman–Crippen LogP) is 5.33. The number of phenols is 1. The quantitative estimate of drug-likeness (QED) is 0.352. The highest BCUT2D eigenvalue weighted by Crippen LogP contribution is 2.25. The summed E-state index contributed by atoms with van der Waals surface area (Å²) in [5.74, 6) is -0.526. The Bertz CT molecular complexity index is 1330. The van der Waals surface area contributed by atoms with Gasteiger partial charge in [0.05, 0.1) is 11.8 Å². The molecule has 0 aliphatic rings. The van der Waals surface area contributed by atoms with Crippen LogP contribution in [0.25, 0.3) is 16.5 Å². The first kappa shape index (κ1) is 20.4. The fraction of sp³-hybridized carbons (Fsp3) is 0.154. The Kier molecular flexibility index (Phi) is 5.34. The van der Waals surface area contributed by atoms with Gasteiger partial charge in [0.2, 0.25) is 0 Å². The minimum Gasteiger partial charge on any atom is -0.507 e. The Labute approximate surface area is 181 Å². The first-order chi connectivity index (χ1) is 14.8. The van der Waals surface area contributed by atoms with Crippen LogP contribution in [0, 0.1) is 27.7 Å². The molecule has 1 heterocycles. The Morgan fingerprint density at radius 2 is 1.65 bits per heavy atom. The van der Waals surface area contributed by atoms with Gasteiger partial charge in [0, 0.05) is 22.6 Å². The fourth-order valence-electron chi connectivity index (χ4n) is 3.81. The first-order valence-electron chi connectivity index (χ1n) is 10.2. The van der Waals surface area contributed by atoms with E-state index in [1.54, 1.807) is 18.3 Å². The van der Waals surface area contributed by atoms with Crippen LogP contribution in [0.15, 0.2) is 65.8 Å². The van der Waals surface area contributed by atoms with Crippen LogP contribution in [0.5, 0.6) is 5.75 Å². The standard InChI is InChI=1S/C26H25N3O2/c1-16-9-10-23(11-17(16)2)29-18(3)12-22(19(29)4)15-27-28-26(31)24-13-20-7-5-6-8-21(20)14-25(24)30/h5-15,30H,1-4H3,(H,28,31)/b27-15+. The highest BCUT2D eigenvalue weighted by molar-refractivity contribution is 6.01. The van der Waals surface area contributed by atoms with E-state index in [4.69, 9.17) is 0 Å². The molecule has 0 saturated heterocycles. The van der Waals surface area contributed by atoms with Gasteiger partial charge in [-0.15, -0.1) is 0 Å². The van der Waals surface area contributed by atoms with Gasteiger partial charge in [-0.25, -0.2) is 5.43 Å². The lowest BCUT2D eigenvalue weighted by Crippen LogP contribution is -2.17. The molecule has 3 aromatic carbocycles. The number of hydrazone groups is 1. The van der Waals surface area contributed by atoms with Gasteiger partial charge in [-0.1, -0.05) is 30.3 Å². The molecule has 4 aromatic rings. The minimum absolute atomic E-state index is 0.0701. The molecule has 0 bridgehead atoms. The third kappa shape index (κ3) is 3.94. The summed E-state index contributed by atoms with van der Waals surface area (Å²) in [6, 6.07) is 19.3. The van der Waals surface area contributed by atoms with Crippen molar-refractivity contribution in [2.45, 2.75) is 27.7 Å². The third-order valence-electron chi connectivity index (χ3n) is 5.70. The smallest absolute Gasteiger partial charge is 0.275 e. The molecular formula is C26H25N3O2. The molecule has 0 fully saturated rings. The summed E-state index contributed by atoms with van der Waals surface area (Å²) in [4.78, 5) is 12.6. The lowest BCUT2D eigenvalue weighted by molar-refractivity contribution is 0.0952. The predicted molar refractivity (Wildman–Crippen MR) is 125 cm³/mol. The van der Waals surface area contributed by atoms with Gasteiger partial charge < -0.3 is 9.67 Å². The maximum absolute atomic E-state index is 12.6. The summed E-state index contributed by atoms with van der Waals surface area (Å²) >= 11 is 0. The topological polar surface area (TPSA) is 66.6 Å². The highest BCUT2D eigenvalue weighted by atomic mass is 16.3. The third-order valence-corrected chi connectivity index (χ3v) is 5.70. The number of hydrogen-bond acceptors (Lipinski definition) is 3. The molecule has 2 N–H and O–H groups in total. The van der Waals surface area contributed by atoms with E-state index >= 15 is 0 Å². The Hall–Kier alpha value is -3.86. The van der Waals surface area contributed by atoms with Crippen LogP contribution in [-0.2, 0) is 0 Å². The van der Waals surface area contributed by atoms with Crippen molar-refractivity contribution < 1.29 is 9.90 Å². The maximum atomic E-state index is 12.6. The normalized spacial score (nSPS) is 11.4.